The van der Waals surface area contributed by atoms with Crippen LogP contribution >= 0.6 is 0 Å². The maximum absolute atomic E-state index is 9.90. The van der Waals surface area contributed by atoms with E-state index in [1.807, 2.05) is 0 Å². The molecule has 8 nitrogen and oxygen atoms in total. The highest BCUT2D eigenvalue weighted by atomic mass is 16.4. The van der Waals surface area contributed by atoms with Gasteiger partial charge >= 0.3 is 11.9 Å². The van der Waals surface area contributed by atoms with Crippen LogP contribution in [0, 0.1) is 0 Å². The molecule has 128 valence electrons. The normalized spacial score (nSPS) is 12.1. The average Bonchev–Trinajstić information content (AvgIpc) is 2.35. The SMILES string of the molecule is CC(O)CCO.CC(O)CO.O=C(O)CCCCC(=O)O. The lowest BCUT2D eigenvalue weighted by atomic mass is 10.2. The van der Waals surface area contributed by atoms with Gasteiger partial charge in [0.2, 0.25) is 0 Å². The van der Waals surface area contributed by atoms with Gasteiger partial charge in [0.15, 0.2) is 0 Å². The zero-order valence-electron chi connectivity index (χ0n) is 12.6. The van der Waals surface area contributed by atoms with E-state index >= 15 is 0 Å². The van der Waals surface area contributed by atoms with Crippen LogP contribution in [0.3, 0.4) is 0 Å². The molecule has 2 unspecified atom stereocenters. The fourth-order valence-corrected chi connectivity index (χ4v) is 0.739. The van der Waals surface area contributed by atoms with Gasteiger partial charge in [-0.25, -0.2) is 0 Å². The summed E-state index contributed by atoms with van der Waals surface area (Å²) >= 11 is 0. The minimum absolute atomic E-state index is 0.0628. The van der Waals surface area contributed by atoms with Crippen molar-refractivity contribution in [3.05, 3.63) is 0 Å². The third kappa shape index (κ3) is 45.5. The third-order valence-corrected chi connectivity index (χ3v) is 1.84. The molecular weight excluding hydrogens is 284 g/mol. The van der Waals surface area contributed by atoms with Crippen LogP contribution in [-0.2, 0) is 9.59 Å². The van der Waals surface area contributed by atoms with Crippen molar-refractivity contribution >= 4 is 11.9 Å². The number of unbranched alkanes of at least 4 members (excludes halogenated alkanes) is 1. The second-order valence-electron chi connectivity index (χ2n) is 4.39. The predicted octanol–water partition coefficient (Wildman–Crippen LogP) is -0.175. The summed E-state index contributed by atoms with van der Waals surface area (Å²) in [4.78, 5) is 19.8. The molecule has 0 fully saturated rings. The fourth-order valence-electron chi connectivity index (χ4n) is 0.739. The molecule has 21 heavy (non-hydrogen) atoms. The molecule has 0 aromatic heterocycles. The van der Waals surface area contributed by atoms with Gasteiger partial charge in [-0.2, -0.15) is 0 Å². The first-order valence-electron chi connectivity index (χ1n) is 6.68. The Morgan fingerprint density at radius 1 is 0.857 bits per heavy atom. The molecule has 0 aliphatic heterocycles. The zero-order chi connectivity index (χ0) is 17.3. The molecule has 0 aliphatic carbocycles. The molecule has 0 spiro atoms. The van der Waals surface area contributed by atoms with Gasteiger partial charge in [0, 0.05) is 19.4 Å². The number of aliphatic hydroxyl groups excluding tert-OH is 4. The monoisotopic (exact) mass is 312 g/mol. The summed E-state index contributed by atoms with van der Waals surface area (Å²) in [6.45, 7) is 3.12. The number of aliphatic hydroxyl groups is 4. The van der Waals surface area contributed by atoms with E-state index < -0.39 is 18.0 Å². The molecule has 0 heterocycles. The van der Waals surface area contributed by atoms with Crippen molar-refractivity contribution < 1.29 is 40.2 Å². The van der Waals surface area contributed by atoms with Gasteiger partial charge in [0.05, 0.1) is 18.8 Å². The molecule has 0 aromatic rings. The first-order valence-corrected chi connectivity index (χ1v) is 6.68. The van der Waals surface area contributed by atoms with Crippen LogP contribution < -0.4 is 0 Å². The van der Waals surface area contributed by atoms with E-state index in [4.69, 9.17) is 30.6 Å². The van der Waals surface area contributed by atoms with Gasteiger partial charge < -0.3 is 30.6 Å². The maximum atomic E-state index is 9.90. The minimum Gasteiger partial charge on any atom is -0.481 e. The molecule has 8 heteroatoms. The van der Waals surface area contributed by atoms with Crippen LogP contribution in [0.1, 0.15) is 46.0 Å². The van der Waals surface area contributed by atoms with Crippen LogP contribution in [0.25, 0.3) is 0 Å². The van der Waals surface area contributed by atoms with Crippen molar-refractivity contribution in [2.45, 2.75) is 58.2 Å². The van der Waals surface area contributed by atoms with Gasteiger partial charge in [-0.15, -0.1) is 0 Å². The molecule has 0 aromatic carbocycles. The summed E-state index contributed by atoms with van der Waals surface area (Å²) in [6.07, 6.45) is 0.592. The highest BCUT2D eigenvalue weighted by molar-refractivity contribution is 5.67. The molecule has 0 bridgehead atoms. The lowest BCUT2D eigenvalue weighted by Crippen LogP contribution is -2.03. The molecule has 0 saturated heterocycles. The van der Waals surface area contributed by atoms with Gasteiger partial charge in [-0.05, 0) is 33.1 Å². The van der Waals surface area contributed by atoms with Crippen molar-refractivity contribution in [1.82, 2.24) is 0 Å². The Balaban J connectivity index is -0.000000252. The van der Waals surface area contributed by atoms with Crippen LogP contribution in [-0.4, -0.2) is 68.0 Å². The Labute approximate surface area is 124 Å². The topological polar surface area (TPSA) is 156 Å². The average molecular weight is 312 g/mol. The molecule has 0 amide bonds. The van der Waals surface area contributed by atoms with Crippen molar-refractivity contribution in [1.29, 1.82) is 0 Å². The lowest BCUT2D eigenvalue weighted by molar-refractivity contribution is -0.139. The Morgan fingerprint density at radius 2 is 1.19 bits per heavy atom. The van der Waals surface area contributed by atoms with E-state index in [0.29, 0.717) is 19.3 Å². The highest BCUT2D eigenvalue weighted by Gasteiger charge is 1.99. The number of hydrogen-bond acceptors (Lipinski definition) is 6. The van der Waals surface area contributed by atoms with Crippen molar-refractivity contribution in [2.24, 2.45) is 0 Å². The molecular formula is C13H28O8. The van der Waals surface area contributed by atoms with Crippen molar-refractivity contribution in [3.63, 3.8) is 0 Å². The Hall–Kier alpha value is -1.22. The van der Waals surface area contributed by atoms with Gasteiger partial charge in [-0.3, -0.25) is 9.59 Å². The van der Waals surface area contributed by atoms with Crippen molar-refractivity contribution in [2.75, 3.05) is 13.2 Å². The van der Waals surface area contributed by atoms with Crippen LogP contribution in [0.4, 0.5) is 0 Å². The standard InChI is InChI=1S/C6H10O4.C4H10O2.C3H8O2/c7-5(8)3-1-2-4-6(9)10;1-4(6)2-3-5;1-3(5)2-4/h1-4H2,(H,7,8)(H,9,10);4-6H,2-3H2,1H3;3-5H,2H2,1H3. The maximum Gasteiger partial charge on any atom is 0.303 e. The van der Waals surface area contributed by atoms with E-state index in [2.05, 4.69) is 0 Å². The highest BCUT2D eigenvalue weighted by Crippen LogP contribution is 1.98. The number of aliphatic carboxylic acids is 2. The largest absolute Gasteiger partial charge is 0.481 e. The zero-order valence-corrected chi connectivity index (χ0v) is 12.6. The fraction of sp³-hybridized carbons (Fsp3) is 0.846. The van der Waals surface area contributed by atoms with E-state index in [-0.39, 0.29) is 32.2 Å². The van der Waals surface area contributed by atoms with E-state index in [9.17, 15) is 9.59 Å². The first-order chi connectivity index (χ1) is 9.67. The predicted molar refractivity (Wildman–Crippen MR) is 75.9 cm³/mol. The quantitative estimate of drug-likeness (QED) is 0.337. The van der Waals surface area contributed by atoms with E-state index in [1.165, 1.54) is 6.92 Å². The smallest absolute Gasteiger partial charge is 0.303 e. The second kappa shape index (κ2) is 18.8. The minimum atomic E-state index is -0.870. The molecule has 0 saturated carbocycles. The number of carboxylic acids is 2. The van der Waals surface area contributed by atoms with Crippen LogP contribution in [0.5, 0.6) is 0 Å². The third-order valence-electron chi connectivity index (χ3n) is 1.84. The molecule has 0 rings (SSSR count). The molecule has 0 aliphatic rings. The second-order valence-corrected chi connectivity index (χ2v) is 4.39. The number of carbonyl (C=O) groups is 2. The Bertz CT molecular complexity index is 224. The lowest BCUT2D eigenvalue weighted by Gasteiger charge is -1.95. The van der Waals surface area contributed by atoms with Gasteiger partial charge in [0.1, 0.15) is 0 Å². The summed E-state index contributed by atoms with van der Waals surface area (Å²) in [5.41, 5.74) is 0. The van der Waals surface area contributed by atoms with Gasteiger partial charge in [0.25, 0.3) is 0 Å². The Kier molecular flexibility index (Phi) is 22.2. The number of carboxylic acid groups (broad SMARTS) is 2. The summed E-state index contributed by atoms with van der Waals surface area (Å²) < 4.78 is 0. The molecule has 0 radical (unpaired) electrons. The summed E-state index contributed by atoms with van der Waals surface area (Å²) in [7, 11) is 0. The van der Waals surface area contributed by atoms with Crippen molar-refractivity contribution in [3.8, 4) is 0 Å². The first kappa shape index (κ1) is 24.8. The summed E-state index contributed by atoms with van der Waals surface area (Å²) in [6, 6.07) is 0. The van der Waals surface area contributed by atoms with E-state index in [0.717, 1.165) is 0 Å². The molecule has 2 atom stereocenters. The summed E-state index contributed by atoms with van der Waals surface area (Å²) in [5.74, 6) is -1.74. The van der Waals surface area contributed by atoms with Crippen LogP contribution in [0.2, 0.25) is 0 Å². The number of hydrogen-bond donors (Lipinski definition) is 6. The van der Waals surface area contributed by atoms with Crippen LogP contribution in [0.15, 0.2) is 0 Å². The molecule has 6 N–H and O–H groups in total. The summed E-state index contributed by atoms with van der Waals surface area (Å²) in [5, 5.41) is 48.7. The van der Waals surface area contributed by atoms with Gasteiger partial charge in [-0.1, -0.05) is 0 Å². The Morgan fingerprint density at radius 3 is 1.29 bits per heavy atom. The van der Waals surface area contributed by atoms with E-state index in [1.54, 1.807) is 6.92 Å². The number of rotatable bonds is 8.